The maximum atomic E-state index is 8.96. The Bertz CT molecular complexity index is 372. The molecule has 0 fully saturated rings. The Kier molecular flexibility index (Phi) is 5.03. The first-order valence-electron chi connectivity index (χ1n) is 6.23. The van der Waals surface area contributed by atoms with E-state index in [4.69, 9.17) is 16.7 Å². The zero-order valence-corrected chi connectivity index (χ0v) is 12.1. The summed E-state index contributed by atoms with van der Waals surface area (Å²) < 4.78 is 0. The third kappa shape index (κ3) is 3.72. The molecule has 0 aromatic heterocycles. The Morgan fingerprint density at radius 3 is 2.65 bits per heavy atom. The maximum absolute atomic E-state index is 8.96. The summed E-state index contributed by atoms with van der Waals surface area (Å²) in [5, 5.41) is 9.48. The third-order valence-electron chi connectivity index (χ3n) is 3.61. The molecule has 17 heavy (non-hydrogen) atoms. The fourth-order valence-electron chi connectivity index (χ4n) is 2.43. The smallest absolute Gasteiger partial charge is 0.0790 e. The number of aliphatic hydroxyl groups excluding tert-OH is 1. The Morgan fingerprint density at radius 2 is 2.12 bits per heavy atom. The summed E-state index contributed by atoms with van der Waals surface area (Å²) in [6, 6.07) is 0. The van der Waals surface area contributed by atoms with Gasteiger partial charge in [-0.05, 0) is 49.7 Å². The SMILES string of the molecule is CC1=C(/C=C/C(C)=C(/Cl)CO)C(C)(C)CCC1. The van der Waals surface area contributed by atoms with Gasteiger partial charge in [0.15, 0.2) is 0 Å². The van der Waals surface area contributed by atoms with Gasteiger partial charge in [0.25, 0.3) is 0 Å². The Balaban J connectivity index is 2.97. The predicted octanol–water partition coefficient (Wildman–Crippen LogP) is 4.57. The molecule has 1 nitrogen and oxygen atoms in total. The van der Waals surface area contributed by atoms with Crippen molar-refractivity contribution in [3.63, 3.8) is 0 Å². The number of halogens is 1. The Morgan fingerprint density at radius 1 is 1.47 bits per heavy atom. The van der Waals surface area contributed by atoms with E-state index >= 15 is 0 Å². The number of aliphatic hydroxyl groups is 1. The van der Waals surface area contributed by atoms with Crippen LogP contribution < -0.4 is 0 Å². The molecule has 0 spiro atoms. The van der Waals surface area contributed by atoms with Crippen LogP contribution in [0.1, 0.15) is 47.0 Å². The second-order valence-corrected chi connectivity index (χ2v) is 5.97. The number of hydrogen-bond acceptors (Lipinski definition) is 1. The van der Waals surface area contributed by atoms with E-state index < -0.39 is 0 Å². The van der Waals surface area contributed by atoms with Gasteiger partial charge in [0.1, 0.15) is 0 Å². The molecule has 1 aliphatic carbocycles. The highest BCUT2D eigenvalue weighted by Crippen LogP contribution is 2.40. The molecule has 1 aliphatic rings. The van der Waals surface area contributed by atoms with Gasteiger partial charge in [-0.2, -0.15) is 0 Å². The van der Waals surface area contributed by atoms with E-state index in [-0.39, 0.29) is 12.0 Å². The highest BCUT2D eigenvalue weighted by molar-refractivity contribution is 6.30. The van der Waals surface area contributed by atoms with Gasteiger partial charge >= 0.3 is 0 Å². The lowest BCUT2D eigenvalue weighted by molar-refractivity contribution is 0.338. The lowest BCUT2D eigenvalue weighted by Gasteiger charge is -2.33. The Labute approximate surface area is 110 Å². The van der Waals surface area contributed by atoms with E-state index in [1.165, 1.54) is 30.4 Å². The third-order valence-corrected chi connectivity index (χ3v) is 4.03. The summed E-state index contributed by atoms with van der Waals surface area (Å²) in [6.45, 7) is 8.65. The average Bonchev–Trinajstić information content (AvgIpc) is 2.26. The van der Waals surface area contributed by atoms with Crippen LogP contribution in [0.2, 0.25) is 0 Å². The molecule has 0 unspecified atom stereocenters. The molecular formula is C15H23ClO. The summed E-state index contributed by atoms with van der Waals surface area (Å²) in [5.74, 6) is 0. The number of rotatable bonds is 3. The van der Waals surface area contributed by atoms with Crippen molar-refractivity contribution in [1.29, 1.82) is 0 Å². The van der Waals surface area contributed by atoms with Crippen molar-refractivity contribution in [1.82, 2.24) is 0 Å². The van der Waals surface area contributed by atoms with Crippen molar-refractivity contribution < 1.29 is 5.11 Å². The molecule has 0 aromatic rings. The van der Waals surface area contributed by atoms with Crippen molar-refractivity contribution >= 4 is 11.6 Å². The standard InChI is InChI=1S/C15H23ClO/c1-11-6-5-9-15(3,4)13(11)8-7-12(2)14(16)10-17/h7-8,17H,5-6,9-10H2,1-4H3/b8-7+,14-12+. The highest BCUT2D eigenvalue weighted by atomic mass is 35.5. The first-order valence-corrected chi connectivity index (χ1v) is 6.60. The minimum absolute atomic E-state index is 0.0842. The van der Waals surface area contributed by atoms with Crippen LogP contribution >= 0.6 is 11.6 Å². The van der Waals surface area contributed by atoms with E-state index in [0.29, 0.717) is 5.03 Å². The minimum atomic E-state index is -0.0842. The van der Waals surface area contributed by atoms with Crippen LogP contribution in [0, 0.1) is 5.41 Å². The summed E-state index contributed by atoms with van der Waals surface area (Å²) in [4.78, 5) is 0. The molecule has 0 heterocycles. The van der Waals surface area contributed by atoms with Crippen molar-refractivity contribution in [3.8, 4) is 0 Å². The molecule has 0 bridgehead atoms. The van der Waals surface area contributed by atoms with Gasteiger partial charge in [0, 0.05) is 5.03 Å². The van der Waals surface area contributed by atoms with E-state index in [0.717, 1.165) is 5.57 Å². The van der Waals surface area contributed by atoms with Gasteiger partial charge in [0.05, 0.1) is 6.61 Å². The topological polar surface area (TPSA) is 20.2 Å². The van der Waals surface area contributed by atoms with Crippen LogP contribution in [0.3, 0.4) is 0 Å². The van der Waals surface area contributed by atoms with Crippen molar-refractivity contribution in [2.75, 3.05) is 6.61 Å². The first kappa shape index (κ1) is 14.5. The second kappa shape index (κ2) is 5.88. The molecule has 0 atom stereocenters. The quantitative estimate of drug-likeness (QED) is 0.732. The predicted molar refractivity (Wildman–Crippen MR) is 75.1 cm³/mol. The lowest BCUT2D eigenvalue weighted by atomic mass is 9.72. The van der Waals surface area contributed by atoms with E-state index in [9.17, 15) is 0 Å². The molecule has 2 heteroatoms. The van der Waals surface area contributed by atoms with Crippen LogP contribution in [0.25, 0.3) is 0 Å². The van der Waals surface area contributed by atoms with Crippen LogP contribution in [0.5, 0.6) is 0 Å². The fraction of sp³-hybridized carbons (Fsp3) is 0.600. The van der Waals surface area contributed by atoms with Crippen molar-refractivity contribution in [3.05, 3.63) is 33.9 Å². The van der Waals surface area contributed by atoms with Gasteiger partial charge in [-0.25, -0.2) is 0 Å². The van der Waals surface area contributed by atoms with Crippen LogP contribution in [-0.2, 0) is 0 Å². The number of hydrogen-bond donors (Lipinski definition) is 1. The molecule has 0 aromatic carbocycles. The maximum Gasteiger partial charge on any atom is 0.0790 e. The van der Waals surface area contributed by atoms with E-state index in [1.54, 1.807) is 0 Å². The number of allylic oxidation sites excluding steroid dienone is 5. The summed E-state index contributed by atoms with van der Waals surface area (Å²) >= 11 is 5.90. The molecule has 0 amide bonds. The zero-order valence-electron chi connectivity index (χ0n) is 11.3. The summed E-state index contributed by atoms with van der Waals surface area (Å²) in [7, 11) is 0. The zero-order chi connectivity index (χ0) is 13.1. The monoisotopic (exact) mass is 254 g/mol. The van der Waals surface area contributed by atoms with Crippen LogP contribution in [0.15, 0.2) is 33.9 Å². The van der Waals surface area contributed by atoms with Gasteiger partial charge in [-0.3, -0.25) is 0 Å². The second-order valence-electron chi connectivity index (χ2n) is 5.51. The normalized spacial score (nSPS) is 22.0. The van der Waals surface area contributed by atoms with E-state index in [2.05, 4.69) is 26.8 Å². The summed E-state index contributed by atoms with van der Waals surface area (Å²) in [5.41, 5.74) is 4.09. The minimum Gasteiger partial charge on any atom is -0.391 e. The first-order chi connectivity index (χ1) is 7.88. The largest absolute Gasteiger partial charge is 0.391 e. The molecule has 96 valence electrons. The molecule has 0 radical (unpaired) electrons. The molecule has 0 aliphatic heterocycles. The molecular weight excluding hydrogens is 232 g/mol. The lowest BCUT2D eigenvalue weighted by Crippen LogP contribution is -2.19. The van der Waals surface area contributed by atoms with Gasteiger partial charge in [-0.1, -0.05) is 43.2 Å². The molecule has 1 rings (SSSR count). The summed E-state index contributed by atoms with van der Waals surface area (Å²) in [6.07, 6.45) is 7.90. The van der Waals surface area contributed by atoms with Crippen LogP contribution in [-0.4, -0.2) is 11.7 Å². The highest BCUT2D eigenvalue weighted by Gasteiger charge is 2.26. The van der Waals surface area contributed by atoms with Gasteiger partial charge < -0.3 is 5.11 Å². The fourth-order valence-corrected chi connectivity index (χ4v) is 2.50. The van der Waals surface area contributed by atoms with Crippen molar-refractivity contribution in [2.24, 2.45) is 5.41 Å². The molecule has 0 saturated heterocycles. The van der Waals surface area contributed by atoms with Crippen molar-refractivity contribution in [2.45, 2.75) is 47.0 Å². The average molecular weight is 255 g/mol. The Hall–Kier alpha value is -0.530. The van der Waals surface area contributed by atoms with E-state index in [1.807, 2.05) is 13.0 Å². The van der Waals surface area contributed by atoms with Crippen LogP contribution in [0.4, 0.5) is 0 Å². The molecule has 1 N–H and O–H groups in total. The molecule has 0 saturated carbocycles. The van der Waals surface area contributed by atoms with Gasteiger partial charge in [-0.15, -0.1) is 0 Å². The van der Waals surface area contributed by atoms with Gasteiger partial charge in [0.2, 0.25) is 0 Å².